The summed E-state index contributed by atoms with van der Waals surface area (Å²) in [6.07, 6.45) is 3.71. The van der Waals surface area contributed by atoms with Gasteiger partial charge in [0.2, 0.25) is 0 Å². The first-order chi connectivity index (χ1) is 17.0. The Morgan fingerprint density at radius 2 is 1.89 bits per heavy atom. The van der Waals surface area contributed by atoms with Gasteiger partial charge in [0.1, 0.15) is 9.22 Å². The van der Waals surface area contributed by atoms with E-state index < -0.39 is 10.0 Å². The summed E-state index contributed by atoms with van der Waals surface area (Å²) in [7, 11) is -1.57. The van der Waals surface area contributed by atoms with Crippen LogP contribution in [-0.4, -0.2) is 41.9 Å². The molecule has 0 bridgehead atoms. The molecule has 188 valence electrons. The van der Waals surface area contributed by atoms with Gasteiger partial charge in [0.05, 0.1) is 22.6 Å². The van der Waals surface area contributed by atoms with Crippen LogP contribution in [0.2, 0.25) is 0 Å². The molecule has 0 aliphatic carbocycles. The summed E-state index contributed by atoms with van der Waals surface area (Å²) in [5, 5.41) is 3.60. The van der Waals surface area contributed by atoms with Gasteiger partial charge in [0.15, 0.2) is 0 Å². The minimum absolute atomic E-state index is 0. The van der Waals surface area contributed by atoms with Gasteiger partial charge >= 0.3 is 0 Å². The third-order valence-corrected chi connectivity index (χ3v) is 9.87. The van der Waals surface area contributed by atoms with Crippen LogP contribution in [-0.2, 0) is 23.1 Å². The average Bonchev–Trinajstić information content (AvgIpc) is 3.61. The van der Waals surface area contributed by atoms with Crippen LogP contribution in [0.5, 0.6) is 0 Å². The molecule has 10 heteroatoms. The maximum atomic E-state index is 13.3. The van der Waals surface area contributed by atoms with Gasteiger partial charge in [-0.15, -0.1) is 22.7 Å². The third-order valence-electron chi connectivity index (χ3n) is 5.60. The van der Waals surface area contributed by atoms with Crippen molar-refractivity contribution in [2.45, 2.75) is 31.6 Å². The number of rotatable bonds is 9. The van der Waals surface area contributed by atoms with Crippen molar-refractivity contribution < 1.29 is 8.42 Å². The van der Waals surface area contributed by atoms with Crippen LogP contribution < -0.4 is 4.31 Å². The summed E-state index contributed by atoms with van der Waals surface area (Å²) in [6, 6.07) is 17.1. The van der Waals surface area contributed by atoms with Crippen LogP contribution in [0.15, 0.2) is 76.6 Å². The summed E-state index contributed by atoms with van der Waals surface area (Å²) in [4.78, 5) is 15.8. The zero-order chi connectivity index (χ0) is 24.4. The monoisotopic (exact) mass is 539 g/mol. The highest BCUT2D eigenvalue weighted by atomic mass is 32.2. The fourth-order valence-electron chi connectivity index (χ4n) is 4.05. The van der Waals surface area contributed by atoms with Crippen molar-refractivity contribution in [2.24, 2.45) is 0 Å². The number of pyridine rings is 1. The number of H-pyrrole nitrogens is 1. The van der Waals surface area contributed by atoms with Gasteiger partial charge in [-0.1, -0.05) is 31.7 Å². The first-order valence-electron chi connectivity index (χ1n) is 11.2. The second-order valence-corrected chi connectivity index (χ2v) is 12.3. The number of thiazole rings is 1. The van der Waals surface area contributed by atoms with E-state index in [-0.39, 0.29) is 7.43 Å². The molecule has 5 rings (SSSR count). The summed E-state index contributed by atoms with van der Waals surface area (Å²) in [5.41, 5.74) is 3.33. The number of hydrogen-bond donors (Lipinski definition) is 1. The Kier molecular flexibility index (Phi) is 7.89. The summed E-state index contributed by atoms with van der Waals surface area (Å²) >= 11 is 2.86. The topological polar surface area (TPSA) is 82.2 Å². The van der Waals surface area contributed by atoms with Gasteiger partial charge in [0, 0.05) is 42.3 Å². The number of para-hydroxylation sites is 1. The summed E-state index contributed by atoms with van der Waals surface area (Å²) in [6.45, 7) is 3.71. The van der Waals surface area contributed by atoms with Crippen molar-refractivity contribution >= 4 is 49.3 Å². The molecule has 0 aliphatic heterocycles. The molecular weight excluding hydrogens is 511 g/mol. The summed E-state index contributed by atoms with van der Waals surface area (Å²) in [5.74, 6) is 0. The van der Waals surface area contributed by atoms with E-state index in [9.17, 15) is 8.42 Å². The fourth-order valence-corrected chi connectivity index (χ4v) is 7.60. The Morgan fingerprint density at radius 1 is 1.03 bits per heavy atom. The minimum Gasteiger partial charge on any atom is -0.351 e. The van der Waals surface area contributed by atoms with Crippen molar-refractivity contribution in [3.8, 4) is 10.7 Å². The van der Waals surface area contributed by atoms with Gasteiger partial charge in [-0.25, -0.2) is 13.4 Å². The number of fused-ring (bicyclic) bond motifs is 1. The van der Waals surface area contributed by atoms with E-state index in [4.69, 9.17) is 0 Å². The molecule has 4 aromatic heterocycles. The zero-order valence-electron chi connectivity index (χ0n) is 19.4. The molecule has 0 saturated carbocycles. The number of nitrogens with zero attached hydrogens (tertiary/aromatic N) is 4. The van der Waals surface area contributed by atoms with Crippen LogP contribution in [0.1, 0.15) is 24.9 Å². The molecule has 7 nitrogen and oxygen atoms in total. The van der Waals surface area contributed by atoms with Crippen LogP contribution in [0.3, 0.4) is 0 Å². The molecule has 0 saturated heterocycles. The van der Waals surface area contributed by atoms with E-state index in [2.05, 4.69) is 26.9 Å². The molecule has 1 aromatic carbocycles. The molecule has 0 fully saturated rings. The predicted molar refractivity (Wildman–Crippen MR) is 150 cm³/mol. The van der Waals surface area contributed by atoms with E-state index >= 15 is 0 Å². The maximum Gasteiger partial charge on any atom is 0.273 e. The highest BCUT2D eigenvalue weighted by Crippen LogP contribution is 2.35. The molecule has 0 amide bonds. The molecule has 0 unspecified atom stereocenters. The molecule has 36 heavy (non-hydrogen) atoms. The number of thiophene rings is 1. The number of sulfonamides is 1. The molecule has 4 heterocycles. The Labute approximate surface area is 220 Å². The van der Waals surface area contributed by atoms with Gasteiger partial charge in [0.25, 0.3) is 10.0 Å². The standard InChI is InChI=1S/C25H25N5O2S3.CH4/c1-3-30(35(31,32)23-11-7-13-33-23)22-10-6-8-18-14-21(28-24(18)22)25-27-15-20(34-25)17-29(2)16-19-9-4-5-12-26-19;/h4-15,28H,3,16-17H2,1-2H3;1H4. The lowest BCUT2D eigenvalue weighted by atomic mass is 10.2. The van der Waals surface area contributed by atoms with Crippen LogP contribution >= 0.6 is 22.7 Å². The lowest BCUT2D eigenvalue weighted by molar-refractivity contribution is 0.318. The number of anilines is 1. The molecule has 0 spiro atoms. The van der Waals surface area contributed by atoms with Crippen LogP contribution in [0, 0.1) is 0 Å². The molecule has 0 atom stereocenters. The van der Waals surface area contributed by atoms with Crippen molar-refractivity contribution in [3.05, 3.63) is 82.9 Å². The Bertz CT molecular complexity index is 1530. The highest BCUT2D eigenvalue weighted by molar-refractivity contribution is 7.94. The number of hydrogen-bond acceptors (Lipinski definition) is 7. The zero-order valence-corrected chi connectivity index (χ0v) is 21.8. The van der Waals surface area contributed by atoms with Crippen molar-refractivity contribution in [1.82, 2.24) is 19.9 Å². The van der Waals surface area contributed by atoms with E-state index in [1.165, 1.54) is 15.6 Å². The smallest absolute Gasteiger partial charge is 0.273 e. The number of aromatic amines is 1. The van der Waals surface area contributed by atoms with Gasteiger partial charge in [-0.05, 0) is 49.7 Å². The molecule has 5 aromatic rings. The molecule has 0 radical (unpaired) electrons. The SMILES string of the molecule is C.CCN(c1cccc2cc(-c3ncc(CN(C)Cc4ccccn4)s3)[nH]c12)S(=O)(=O)c1cccs1. The first-order valence-corrected chi connectivity index (χ1v) is 14.3. The minimum atomic E-state index is -3.63. The van der Waals surface area contributed by atoms with Crippen molar-refractivity contribution in [3.63, 3.8) is 0 Å². The predicted octanol–water partition coefficient (Wildman–Crippen LogP) is 6.23. The Morgan fingerprint density at radius 3 is 2.61 bits per heavy atom. The lowest BCUT2D eigenvalue weighted by Gasteiger charge is -2.22. The van der Waals surface area contributed by atoms with Crippen molar-refractivity contribution in [1.29, 1.82) is 0 Å². The van der Waals surface area contributed by atoms with Gasteiger partial charge < -0.3 is 4.98 Å². The molecular formula is C26H29N5O2S3. The lowest BCUT2D eigenvalue weighted by Crippen LogP contribution is -2.30. The Hall–Kier alpha value is -3.05. The fraction of sp³-hybridized carbons (Fsp3) is 0.231. The van der Waals surface area contributed by atoms with E-state index in [1.807, 2.05) is 61.8 Å². The molecule has 1 N–H and O–H groups in total. The van der Waals surface area contributed by atoms with E-state index in [0.717, 1.165) is 45.3 Å². The van der Waals surface area contributed by atoms with Crippen molar-refractivity contribution in [2.75, 3.05) is 17.9 Å². The number of nitrogens with one attached hydrogen (secondary N) is 1. The maximum absolute atomic E-state index is 13.3. The van der Waals surface area contributed by atoms with E-state index in [0.29, 0.717) is 16.4 Å². The highest BCUT2D eigenvalue weighted by Gasteiger charge is 2.26. The second kappa shape index (κ2) is 10.9. The number of benzene rings is 1. The second-order valence-electron chi connectivity index (χ2n) is 8.15. The molecule has 0 aliphatic rings. The van der Waals surface area contributed by atoms with Crippen LogP contribution in [0.4, 0.5) is 5.69 Å². The average molecular weight is 540 g/mol. The quantitative estimate of drug-likeness (QED) is 0.240. The van der Waals surface area contributed by atoms with Crippen LogP contribution in [0.25, 0.3) is 21.6 Å². The van der Waals surface area contributed by atoms with E-state index in [1.54, 1.807) is 28.8 Å². The van der Waals surface area contributed by atoms with Gasteiger partial charge in [-0.3, -0.25) is 14.2 Å². The summed E-state index contributed by atoms with van der Waals surface area (Å²) < 4.78 is 28.4. The number of aromatic nitrogens is 3. The third kappa shape index (κ3) is 5.22. The largest absolute Gasteiger partial charge is 0.351 e. The van der Waals surface area contributed by atoms with Gasteiger partial charge in [-0.2, -0.15) is 0 Å². The first kappa shape index (κ1) is 26.0. The normalized spacial score (nSPS) is 11.6. The Balaban J connectivity index is 0.00000304.